The van der Waals surface area contributed by atoms with Crippen molar-refractivity contribution in [3.05, 3.63) is 36.4 Å². The first-order chi connectivity index (χ1) is 8.13. The van der Waals surface area contributed by atoms with E-state index in [9.17, 15) is 9.59 Å². The summed E-state index contributed by atoms with van der Waals surface area (Å²) in [6, 6.07) is 6.93. The second kappa shape index (κ2) is 6.32. The molecule has 0 aliphatic carbocycles. The molecule has 5 nitrogen and oxygen atoms in total. The molecule has 1 aromatic carbocycles. The number of amides is 1. The standard InChI is InChI=1S/C12H13NO4/c1-2-17-10-6-4-3-5-9(10)13-11(14)7-8-12(15)16/h3-8H,2H2,1H3,(H,13,14)(H,15,16)/b8-7-. The van der Waals surface area contributed by atoms with E-state index in [1.54, 1.807) is 24.3 Å². The van der Waals surface area contributed by atoms with E-state index in [-0.39, 0.29) is 0 Å². The van der Waals surface area contributed by atoms with Gasteiger partial charge in [-0.25, -0.2) is 4.79 Å². The molecule has 5 heteroatoms. The smallest absolute Gasteiger partial charge is 0.328 e. The lowest BCUT2D eigenvalue weighted by Gasteiger charge is -2.09. The molecule has 0 heterocycles. The van der Waals surface area contributed by atoms with Crippen LogP contribution in [0, 0.1) is 0 Å². The summed E-state index contributed by atoms with van der Waals surface area (Å²) in [7, 11) is 0. The van der Waals surface area contributed by atoms with Gasteiger partial charge in [-0.05, 0) is 19.1 Å². The van der Waals surface area contributed by atoms with Crippen molar-refractivity contribution in [3.63, 3.8) is 0 Å². The maximum Gasteiger partial charge on any atom is 0.328 e. The summed E-state index contributed by atoms with van der Waals surface area (Å²) in [5.74, 6) is -1.13. The fraction of sp³-hybridized carbons (Fsp3) is 0.167. The zero-order chi connectivity index (χ0) is 12.7. The molecule has 0 saturated carbocycles. The Kier molecular flexibility index (Phi) is 4.75. The lowest BCUT2D eigenvalue weighted by molar-refractivity contribution is -0.131. The van der Waals surface area contributed by atoms with Crippen LogP contribution in [0.25, 0.3) is 0 Å². The van der Waals surface area contributed by atoms with Crippen LogP contribution in [0.1, 0.15) is 6.92 Å². The van der Waals surface area contributed by atoms with Crippen molar-refractivity contribution < 1.29 is 19.4 Å². The highest BCUT2D eigenvalue weighted by molar-refractivity contribution is 6.03. The molecule has 0 unspecified atom stereocenters. The number of carbonyl (C=O) groups is 2. The molecule has 0 atom stereocenters. The molecule has 1 amide bonds. The predicted molar refractivity (Wildman–Crippen MR) is 63.0 cm³/mol. The van der Waals surface area contributed by atoms with Gasteiger partial charge in [0.05, 0.1) is 12.3 Å². The number of para-hydroxylation sites is 2. The zero-order valence-corrected chi connectivity index (χ0v) is 9.34. The van der Waals surface area contributed by atoms with E-state index >= 15 is 0 Å². The molecular weight excluding hydrogens is 222 g/mol. The monoisotopic (exact) mass is 235 g/mol. The first-order valence-corrected chi connectivity index (χ1v) is 5.07. The van der Waals surface area contributed by atoms with Crippen LogP contribution < -0.4 is 10.1 Å². The minimum absolute atomic E-state index is 0.484. The van der Waals surface area contributed by atoms with E-state index in [1.807, 2.05) is 6.92 Å². The number of hydrogen-bond donors (Lipinski definition) is 2. The lowest BCUT2D eigenvalue weighted by atomic mass is 10.3. The number of anilines is 1. The van der Waals surface area contributed by atoms with E-state index in [2.05, 4.69) is 5.32 Å². The van der Waals surface area contributed by atoms with Crippen LogP contribution in [-0.4, -0.2) is 23.6 Å². The first-order valence-electron chi connectivity index (χ1n) is 5.07. The molecule has 0 spiro atoms. The maximum atomic E-state index is 11.4. The largest absolute Gasteiger partial charge is 0.492 e. The van der Waals surface area contributed by atoms with Crippen LogP contribution >= 0.6 is 0 Å². The summed E-state index contributed by atoms with van der Waals surface area (Å²) in [5, 5.41) is 10.9. The first kappa shape index (κ1) is 12.8. The number of carbonyl (C=O) groups excluding carboxylic acids is 1. The minimum atomic E-state index is -1.17. The van der Waals surface area contributed by atoms with Crippen molar-refractivity contribution in [2.24, 2.45) is 0 Å². The van der Waals surface area contributed by atoms with Crippen LogP contribution in [0.5, 0.6) is 5.75 Å². The van der Waals surface area contributed by atoms with Gasteiger partial charge < -0.3 is 15.2 Å². The third kappa shape index (κ3) is 4.38. The number of aliphatic carboxylic acids is 1. The molecule has 0 saturated heterocycles. The van der Waals surface area contributed by atoms with Crippen molar-refractivity contribution in [1.82, 2.24) is 0 Å². The summed E-state index contributed by atoms with van der Waals surface area (Å²) < 4.78 is 5.31. The van der Waals surface area contributed by atoms with Crippen LogP contribution in [0.4, 0.5) is 5.69 Å². The third-order valence-electron chi connectivity index (χ3n) is 1.82. The minimum Gasteiger partial charge on any atom is -0.492 e. The molecule has 0 fully saturated rings. The highest BCUT2D eigenvalue weighted by atomic mass is 16.5. The van der Waals surface area contributed by atoms with Gasteiger partial charge in [0.25, 0.3) is 0 Å². The second-order valence-corrected chi connectivity index (χ2v) is 3.09. The van der Waals surface area contributed by atoms with Gasteiger partial charge in [-0.3, -0.25) is 4.79 Å². The molecule has 0 aromatic heterocycles. The van der Waals surface area contributed by atoms with Gasteiger partial charge in [0.2, 0.25) is 5.91 Å². The van der Waals surface area contributed by atoms with Crippen LogP contribution in [0.2, 0.25) is 0 Å². The molecule has 17 heavy (non-hydrogen) atoms. The van der Waals surface area contributed by atoms with Gasteiger partial charge in [0.15, 0.2) is 0 Å². The van der Waals surface area contributed by atoms with Crippen LogP contribution in [0.15, 0.2) is 36.4 Å². The molecule has 90 valence electrons. The summed E-state index contributed by atoms with van der Waals surface area (Å²) >= 11 is 0. The van der Waals surface area contributed by atoms with Crippen molar-refractivity contribution in [2.75, 3.05) is 11.9 Å². The molecule has 0 radical (unpaired) electrons. The molecule has 0 aliphatic heterocycles. The second-order valence-electron chi connectivity index (χ2n) is 3.09. The van der Waals surface area contributed by atoms with E-state index in [0.29, 0.717) is 18.0 Å². The van der Waals surface area contributed by atoms with Gasteiger partial charge in [0, 0.05) is 12.2 Å². The molecule has 0 aliphatic rings. The Morgan fingerprint density at radius 3 is 2.71 bits per heavy atom. The normalized spacial score (nSPS) is 10.2. The Morgan fingerprint density at radius 2 is 2.06 bits per heavy atom. The Morgan fingerprint density at radius 1 is 1.35 bits per heavy atom. The predicted octanol–water partition coefficient (Wildman–Crippen LogP) is 1.66. The number of hydrogen-bond acceptors (Lipinski definition) is 3. The highest BCUT2D eigenvalue weighted by Gasteiger charge is 2.04. The fourth-order valence-corrected chi connectivity index (χ4v) is 1.17. The van der Waals surface area contributed by atoms with E-state index in [4.69, 9.17) is 9.84 Å². The summed E-state index contributed by atoms with van der Waals surface area (Å²) in [6.07, 6.45) is 1.73. The van der Waals surface area contributed by atoms with E-state index < -0.39 is 11.9 Å². The average molecular weight is 235 g/mol. The fourth-order valence-electron chi connectivity index (χ4n) is 1.17. The SMILES string of the molecule is CCOc1ccccc1NC(=O)/C=C\C(=O)O. The average Bonchev–Trinajstić information content (AvgIpc) is 2.29. The quantitative estimate of drug-likeness (QED) is 0.761. The summed E-state index contributed by atoms with van der Waals surface area (Å²) in [6.45, 7) is 2.32. The molecular formula is C12H13NO4. The molecule has 1 aromatic rings. The van der Waals surface area contributed by atoms with Gasteiger partial charge in [-0.2, -0.15) is 0 Å². The maximum absolute atomic E-state index is 11.4. The van der Waals surface area contributed by atoms with Crippen LogP contribution in [0.3, 0.4) is 0 Å². The van der Waals surface area contributed by atoms with Gasteiger partial charge >= 0.3 is 5.97 Å². The Balaban J connectivity index is 2.74. The number of carboxylic acids is 1. The molecule has 0 bridgehead atoms. The van der Waals surface area contributed by atoms with Gasteiger partial charge in [-0.15, -0.1) is 0 Å². The zero-order valence-electron chi connectivity index (χ0n) is 9.34. The summed E-state index contributed by atoms with van der Waals surface area (Å²) in [5.41, 5.74) is 0.509. The van der Waals surface area contributed by atoms with Crippen molar-refractivity contribution in [1.29, 1.82) is 0 Å². The van der Waals surface area contributed by atoms with E-state index in [1.165, 1.54) is 0 Å². The lowest BCUT2D eigenvalue weighted by Crippen LogP contribution is -2.10. The van der Waals surface area contributed by atoms with Crippen molar-refractivity contribution in [3.8, 4) is 5.75 Å². The van der Waals surface area contributed by atoms with Crippen molar-refractivity contribution in [2.45, 2.75) is 6.92 Å². The van der Waals surface area contributed by atoms with Crippen molar-refractivity contribution >= 4 is 17.6 Å². The van der Waals surface area contributed by atoms with Crippen LogP contribution in [-0.2, 0) is 9.59 Å². The Labute approximate surface area is 98.7 Å². The number of carboxylic acid groups (broad SMARTS) is 1. The molecule has 1 rings (SSSR count). The number of benzene rings is 1. The highest BCUT2D eigenvalue weighted by Crippen LogP contribution is 2.23. The Hall–Kier alpha value is -2.30. The molecule has 2 N–H and O–H groups in total. The van der Waals surface area contributed by atoms with Gasteiger partial charge in [0.1, 0.15) is 5.75 Å². The topological polar surface area (TPSA) is 75.6 Å². The van der Waals surface area contributed by atoms with Gasteiger partial charge in [-0.1, -0.05) is 12.1 Å². The number of ether oxygens (including phenoxy) is 1. The Bertz CT molecular complexity index is 440. The number of nitrogens with one attached hydrogen (secondary N) is 1. The summed E-state index contributed by atoms with van der Waals surface area (Å²) in [4.78, 5) is 21.6. The van der Waals surface area contributed by atoms with E-state index in [0.717, 1.165) is 12.2 Å². The number of rotatable bonds is 5. The third-order valence-corrected chi connectivity index (χ3v) is 1.82.